The molecule has 0 N–H and O–H groups in total. The van der Waals surface area contributed by atoms with Gasteiger partial charge in [-0.25, -0.2) is 4.79 Å². The van der Waals surface area contributed by atoms with Crippen LogP contribution >= 0.6 is 0 Å². The Balaban J connectivity index is 1.08. The van der Waals surface area contributed by atoms with E-state index in [2.05, 4.69) is 32.0 Å². The number of nitriles is 1. The first-order valence-corrected chi connectivity index (χ1v) is 14.3. The van der Waals surface area contributed by atoms with Crippen molar-refractivity contribution < 1.29 is 23.7 Å². The minimum atomic E-state index is -0.413. The van der Waals surface area contributed by atoms with Gasteiger partial charge in [-0.1, -0.05) is 32.4 Å². The maximum Gasteiger partial charge on any atom is 0.343 e. The number of benzene rings is 3. The van der Waals surface area contributed by atoms with E-state index in [0.717, 1.165) is 75.4 Å². The molecule has 1 atom stereocenters. The van der Waals surface area contributed by atoms with Crippen molar-refractivity contribution in [3.8, 4) is 28.7 Å². The van der Waals surface area contributed by atoms with Gasteiger partial charge in [-0.05, 0) is 96.5 Å². The largest absolute Gasteiger partial charge is 0.494 e. The van der Waals surface area contributed by atoms with Crippen molar-refractivity contribution in [3.05, 3.63) is 82.9 Å². The summed E-state index contributed by atoms with van der Waals surface area (Å²) >= 11 is 0. The molecule has 1 heterocycles. The average Bonchev–Trinajstić information content (AvgIpc) is 3.24. The molecular weight excluding hydrogens is 502 g/mol. The first kappa shape index (κ1) is 27.9. The Morgan fingerprint density at radius 3 is 2.27 bits per heavy atom. The molecule has 3 aromatic carbocycles. The van der Waals surface area contributed by atoms with Crippen LogP contribution in [0.4, 0.5) is 0 Å². The maximum atomic E-state index is 12.8. The summed E-state index contributed by atoms with van der Waals surface area (Å²) < 4.78 is 22.9. The topological polar surface area (TPSA) is 77.8 Å². The minimum Gasteiger partial charge on any atom is -0.494 e. The van der Waals surface area contributed by atoms with Crippen molar-refractivity contribution >= 4 is 5.97 Å². The standard InChI is InChI=1S/C34H37NO5/c1-3-34(22-38-23-34)21-37-16-6-4-5-7-17-39-28-13-15-30-29-14-10-26(18-31(29)24(2)32(30)19-28)33(36)40-27-11-8-25(20-35)9-12-27/h8-15,18-19,24H,3-7,16-17,21-23H2,1-2H3. The van der Waals surface area contributed by atoms with Crippen molar-refractivity contribution in [3.63, 3.8) is 0 Å². The molecular formula is C34H37NO5. The van der Waals surface area contributed by atoms with Gasteiger partial charge in [-0.15, -0.1) is 0 Å². The van der Waals surface area contributed by atoms with Crippen molar-refractivity contribution in [2.75, 3.05) is 33.0 Å². The van der Waals surface area contributed by atoms with Crippen LogP contribution in [0, 0.1) is 16.7 Å². The second-order valence-corrected chi connectivity index (χ2v) is 11.0. The van der Waals surface area contributed by atoms with E-state index in [1.54, 1.807) is 24.3 Å². The molecule has 0 saturated carbocycles. The van der Waals surface area contributed by atoms with E-state index in [1.807, 2.05) is 24.3 Å². The summed E-state index contributed by atoms with van der Waals surface area (Å²) in [5.74, 6) is 1.04. The second-order valence-electron chi connectivity index (χ2n) is 11.0. The van der Waals surface area contributed by atoms with Crippen LogP contribution in [0.1, 0.15) is 78.9 Å². The molecule has 1 aliphatic carbocycles. The number of fused-ring (bicyclic) bond motifs is 3. The summed E-state index contributed by atoms with van der Waals surface area (Å²) in [5, 5.41) is 8.95. The predicted octanol–water partition coefficient (Wildman–Crippen LogP) is 7.29. The van der Waals surface area contributed by atoms with E-state index in [4.69, 9.17) is 24.2 Å². The van der Waals surface area contributed by atoms with Gasteiger partial charge in [-0.3, -0.25) is 0 Å². The molecule has 2 aliphatic rings. The molecule has 208 valence electrons. The SMILES string of the molecule is CCC1(COCCCCCCOc2ccc3c(c2)C(C)c2cc(C(=O)Oc4ccc(C#N)cc4)ccc2-3)COC1. The highest BCUT2D eigenvalue weighted by molar-refractivity contribution is 5.93. The monoisotopic (exact) mass is 539 g/mol. The van der Waals surface area contributed by atoms with Crippen molar-refractivity contribution in [2.24, 2.45) is 5.41 Å². The summed E-state index contributed by atoms with van der Waals surface area (Å²) in [7, 11) is 0. The van der Waals surface area contributed by atoms with Crippen LogP contribution < -0.4 is 9.47 Å². The zero-order valence-corrected chi connectivity index (χ0v) is 23.4. The van der Waals surface area contributed by atoms with E-state index >= 15 is 0 Å². The Hall–Kier alpha value is -3.66. The van der Waals surface area contributed by atoms with Gasteiger partial charge in [0.25, 0.3) is 0 Å². The molecule has 0 radical (unpaired) electrons. The van der Waals surface area contributed by atoms with Crippen LogP contribution in [0.25, 0.3) is 11.1 Å². The van der Waals surface area contributed by atoms with Gasteiger partial charge in [0.15, 0.2) is 0 Å². The summed E-state index contributed by atoms with van der Waals surface area (Å²) in [5.41, 5.74) is 5.94. The zero-order valence-electron chi connectivity index (χ0n) is 23.4. The lowest BCUT2D eigenvalue weighted by atomic mass is 9.84. The Morgan fingerprint density at radius 1 is 0.925 bits per heavy atom. The van der Waals surface area contributed by atoms with Crippen LogP contribution in [-0.2, 0) is 9.47 Å². The molecule has 0 amide bonds. The van der Waals surface area contributed by atoms with Gasteiger partial charge in [0, 0.05) is 17.9 Å². The fraction of sp³-hybridized carbons (Fsp3) is 0.412. The molecule has 1 fully saturated rings. The van der Waals surface area contributed by atoms with Crippen LogP contribution in [0.2, 0.25) is 0 Å². The fourth-order valence-corrected chi connectivity index (χ4v) is 5.38. The number of hydrogen-bond donors (Lipinski definition) is 0. The van der Waals surface area contributed by atoms with Crippen LogP contribution in [0.15, 0.2) is 60.7 Å². The molecule has 5 rings (SSSR count). The van der Waals surface area contributed by atoms with E-state index in [0.29, 0.717) is 23.5 Å². The highest BCUT2D eigenvalue weighted by atomic mass is 16.5. The third kappa shape index (κ3) is 6.22. The third-order valence-corrected chi connectivity index (χ3v) is 8.15. The Kier molecular flexibility index (Phi) is 8.84. The van der Waals surface area contributed by atoms with Gasteiger partial charge in [0.05, 0.1) is 43.6 Å². The number of ether oxygens (including phenoxy) is 4. The summed E-state index contributed by atoms with van der Waals surface area (Å²) in [6.07, 6.45) is 5.49. The number of rotatable bonds is 13. The molecule has 6 heteroatoms. The van der Waals surface area contributed by atoms with Crippen LogP contribution in [0.5, 0.6) is 11.5 Å². The Morgan fingerprint density at radius 2 is 1.60 bits per heavy atom. The van der Waals surface area contributed by atoms with Gasteiger partial charge in [-0.2, -0.15) is 5.26 Å². The van der Waals surface area contributed by atoms with E-state index in [-0.39, 0.29) is 11.3 Å². The first-order valence-electron chi connectivity index (χ1n) is 14.3. The molecule has 40 heavy (non-hydrogen) atoms. The summed E-state index contributed by atoms with van der Waals surface area (Å²) in [6.45, 7) is 8.38. The van der Waals surface area contributed by atoms with Crippen molar-refractivity contribution in [2.45, 2.75) is 51.9 Å². The Bertz CT molecular complexity index is 1360. The van der Waals surface area contributed by atoms with Gasteiger partial charge in [0.2, 0.25) is 0 Å². The van der Waals surface area contributed by atoms with Crippen molar-refractivity contribution in [1.82, 2.24) is 0 Å². The molecule has 6 nitrogen and oxygen atoms in total. The quantitative estimate of drug-likeness (QED) is 0.129. The molecule has 0 aromatic heterocycles. The maximum absolute atomic E-state index is 12.8. The summed E-state index contributed by atoms with van der Waals surface area (Å²) in [4.78, 5) is 12.8. The van der Waals surface area contributed by atoms with Crippen LogP contribution in [0.3, 0.4) is 0 Å². The lowest BCUT2D eigenvalue weighted by Gasteiger charge is -2.40. The molecule has 1 aliphatic heterocycles. The lowest BCUT2D eigenvalue weighted by Crippen LogP contribution is -2.45. The molecule has 0 spiro atoms. The number of nitrogens with zero attached hydrogens (tertiary/aromatic N) is 1. The fourth-order valence-electron chi connectivity index (χ4n) is 5.38. The van der Waals surface area contributed by atoms with Gasteiger partial charge < -0.3 is 18.9 Å². The third-order valence-electron chi connectivity index (χ3n) is 8.15. The smallest absolute Gasteiger partial charge is 0.343 e. The van der Waals surface area contributed by atoms with Crippen LogP contribution in [-0.4, -0.2) is 39.0 Å². The van der Waals surface area contributed by atoms with Gasteiger partial charge in [0.1, 0.15) is 11.5 Å². The number of unbranched alkanes of at least 4 members (excludes halogenated alkanes) is 3. The molecule has 1 saturated heterocycles. The van der Waals surface area contributed by atoms with E-state index < -0.39 is 5.97 Å². The van der Waals surface area contributed by atoms with Gasteiger partial charge >= 0.3 is 5.97 Å². The zero-order chi connectivity index (χ0) is 28.0. The lowest BCUT2D eigenvalue weighted by molar-refractivity contribution is -0.150. The number of carbonyl (C=O) groups excluding carboxylic acids is 1. The number of hydrogen-bond acceptors (Lipinski definition) is 6. The molecule has 3 aromatic rings. The van der Waals surface area contributed by atoms with E-state index in [1.165, 1.54) is 11.1 Å². The predicted molar refractivity (Wildman–Crippen MR) is 154 cm³/mol. The molecule has 1 unspecified atom stereocenters. The number of esters is 1. The number of carbonyl (C=O) groups is 1. The van der Waals surface area contributed by atoms with E-state index in [9.17, 15) is 4.79 Å². The normalized spacial score (nSPS) is 16.4. The first-order chi connectivity index (χ1) is 19.5. The second kappa shape index (κ2) is 12.7. The molecule has 0 bridgehead atoms. The van der Waals surface area contributed by atoms with Crippen molar-refractivity contribution in [1.29, 1.82) is 5.26 Å². The minimum absolute atomic E-state index is 0.148. The average molecular weight is 540 g/mol. The highest BCUT2D eigenvalue weighted by Gasteiger charge is 2.36. The Labute approximate surface area is 236 Å². The highest BCUT2D eigenvalue weighted by Crippen LogP contribution is 2.46. The summed E-state index contributed by atoms with van der Waals surface area (Å²) in [6, 6.07) is 20.6.